The Hall–Kier alpha value is -3.61. The van der Waals surface area contributed by atoms with Gasteiger partial charge in [-0.3, -0.25) is 14.4 Å². The molecule has 2 heterocycles. The Bertz CT molecular complexity index is 1030. The molecule has 0 radical (unpaired) electrons. The molecule has 2 aliphatic heterocycles. The molecule has 0 aromatic heterocycles. The van der Waals surface area contributed by atoms with Gasteiger partial charge in [-0.2, -0.15) is 0 Å². The molecule has 154 valence electrons. The van der Waals surface area contributed by atoms with Crippen LogP contribution in [-0.4, -0.2) is 41.8 Å². The smallest absolute Gasteiger partial charge is 0.250 e. The van der Waals surface area contributed by atoms with Gasteiger partial charge < -0.3 is 20.3 Å². The first kappa shape index (κ1) is 19.7. The molecule has 2 aromatic carbocycles. The van der Waals surface area contributed by atoms with Crippen LogP contribution in [0.1, 0.15) is 18.4 Å². The van der Waals surface area contributed by atoms with Gasteiger partial charge in [0.2, 0.25) is 11.8 Å². The van der Waals surface area contributed by atoms with Crippen LogP contribution in [0.25, 0.3) is 0 Å². The molecular formula is C23H23N3O4. The summed E-state index contributed by atoms with van der Waals surface area (Å²) in [5.41, 5.74) is 1.41. The Balaban J connectivity index is 1.49. The average Bonchev–Trinajstić information content (AvgIpc) is 3.17. The summed E-state index contributed by atoms with van der Waals surface area (Å²) in [5.74, 6) is -0.433. The molecule has 2 aromatic rings. The SMILES string of the molecule is COc1ccccc1NC(=O)C=CC(=O)N1CCCC12Cc1ccccc1NC2=O. The van der Waals surface area contributed by atoms with E-state index in [1.54, 1.807) is 29.2 Å². The standard InChI is InChI=1S/C23H23N3O4/c1-30-19-10-5-4-9-18(19)24-20(27)11-12-21(28)26-14-6-13-23(26)15-16-7-2-3-8-17(16)25-22(23)29/h2-5,7-12H,6,13-15H2,1H3,(H,24,27)(H,25,29). The minimum Gasteiger partial charge on any atom is -0.495 e. The Morgan fingerprint density at radius 3 is 2.73 bits per heavy atom. The van der Waals surface area contributed by atoms with Crippen LogP contribution >= 0.6 is 0 Å². The van der Waals surface area contributed by atoms with Crippen LogP contribution < -0.4 is 15.4 Å². The highest BCUT2D eigenvalue weighted by molar-refractivity contribution is 6.07. The van der Waals surface area contributed by atoms with Gasteiger partial charge in [-0.15, -0.1) is 0 Å². The first-order valence-electron chi connectivity index (χ1n) is 9.86. The van der Waals surface area contributed by atoms with E-state index >= 15 is 0 Å². The number of rotatable bonds is 4. The van der Waals surface area contributed by atoms with Gasteiger partial charge in [0.15, 0.2) is 0 Å². The van der Waals surface area contributed by atoms with E-state index in [0.29, 0.717) is 30.8 Å². The minimum atomic E-state index is -0.908. The lowest BCUT2D eigenvalue weighted by Gasteiger charge is -2.40. The van der Waals surface area contributed by atoms with Crippen LogP contribution in [0.4, 0.5) is 11.4 Å². The summed E-state index contributed by atoms with van der Waals surface area (Å²) >= 11 is 0. The molecule has 7 heteroatoms. The number of ether oxygens (including phenoxy) is 1. The van der Waals surface area contributed by atoms with Crippen molar-refractivity contribution in [3.8, 4) is 5.75 Å². The summed E-state index contributed by atoms with van der Waals surface area (Å²) in [6.07, 6.45) is 4.23. The minimum absolute atomic E-state index is 0.168. The number of hydrogen-bond acceptors (Lipinski definition) is 4. The number of hydrogen-bond donors (Lipinski definition) is 2. The third kappa shape index (κ3) is 3.54. The Morgan fingerprint density at radius 1 is 1.13 bits per heavy atom. The van der Waals surface area contributed by atoms with Gasteiger partial charge in [0.1, 0.15) is 11.3 Å². The predicted octanol–water partition coefficient (Wildman–Crippen LogP) is 2.75. The molecule has 2 N–H and O–H groups in total. The summed E-state index contributed by atoms with van der Waals surface area (Å²) in [4.78, 5) is 39.7. The van der Waals surface area contributed by atoms with Gasteiger partial charge in [0.05, 0.1) is 12.8 Å². The fraction of sp³-hybridized carbons (Fsp3) is 0.261. The number of nitrogens with zero attached hydrogens (tertiary/aromatic N) is 1. The lowest BCUT2D eigenvalue weighted by Crippen LogP contribution is -2.58. The first-order chi connectivity index (χ1) is 14.5. The second kappa shape index (κ2) is 8.02. The fourth-order valence-electron chi connectivity index (χ4n) is 4.21. The zero-order chi connectivity index (χ0) is 21.1. The van der Waals surface area contributed by atoms with Gasteiger partial charge in [0, 0.05) is 30.8 Å². The topological polar surface area (TPSA) is 87.7 Å². The molecule has 1 spiro atoms. The van der Waals surface area contributed by atoms with Crippen LogP contribution in [0.15, 0.2) is 60.7 Å². The molecule has 1 atom stereocenters. The quantitative estimate of drug-likeness (QED) is 0.766. The lowest BCUT2D eigenvalue weighted by atomic mass is 9.83. The Labute approximate surface area is 174 Å². The predicted molar refractivity (Wildman–Crippen MR) is 113 cm³/mol. The highest BCUT2D eigenvalue weighted by atomic mass is 16.5. The number of likely N-dealkylation sites (tertiary alicyclic amines) is 1. The second-order valence-electron chi connectivity index (χ2n) is 7.44. The van der Waals surface area contributed by atoms with Crippen molar-refractivity contribution in [1.82, 2.24) is 4.90 Å². The molecule has 7 nitrogen and oxygen atoms in total. The first-order valence-corrected chi connectivity index (χ1v) is 9.86. The summed E-state index contributed by atoms with van der Waals surface area (Å²) in [5, 5.41) is 5.64. The zero-order valence-corrected chi connectivity index (χ0v) is 16.7. The normalized spacial score (nSPS) is 20.2. The van der Waals surface area contributed by atoms with Crippen molar-refractivity contribution >= 4 is 29.1 Å². The number of anilines is 2. The van der Waals surface area contributed by atoms with Crippen LogP contribution in [0.5, 0.6) is 5.75 Å². The van der Waals surface area contributed by atoms with E-state index in [1.165, 1.54) is 19.3 Å². The molecular weight excluding hydrogens is 382 g/mol. The van der Waals surface area contributed by atoms with E-state index in [1.807, 2.05) is 24.3 Å². The molecule has 1 fully saturated rings. The van der Waals surface area contributed by atoms with Gasteiger partial charge in [0.25, 0.3) is 5.91 Å². The van der Waals surface area contributed by atoms with E-state index in [9.17, 15) is 14.4 Å². The monoisotopic (exact) mass is 405 g/mol. The van der Waals surface area contributed by atoms with Crippen molar-refractivity contribution in [3.05, 3.63) is 66.2 Å². The maximum atomic E-state index is 12.9. The van der Waals surface area contributed by atoms with Crippen molar-refractivity contribution in [2.45, 2.75) is 24.8 Å². The largest absolute Gasteiger partial charge is 0.495 e. The van der Waals surface area contributed by atoms with E-state index < -0.39 is 11.4 Å². The molecule has 0 aliphatic carbocycles. The molecule has 30 heavy (non-hydrogen) atoms. The Morgan fingerprint density at radius 2 is 1.90 bits per heavy atom. The van der Waals surface area contributed by atoms with Crippen LogP contribution in [-0.2, 0) is 20.8 Å². The maximum Gasteiger partial charge on any atom is 0.250 e. The van der Waals surface area contributed by atoms with E-state index in [0.717, 1.165) is 17.7 Å². The van der Waals surface area contributed by atoms with Crippen molar-refractivity contribution in [2.75, 3.05) is 24.3 Å². The number of methoxy groups -OCH3 is 1. The lowest BCUT2D eigenvalue weighted by molar-refractivity contribution is -0.139. The highest BCUT2D eigenvalue weighted by Gasteiger charge is 2.51. The molecule has 0 saturated carbocycles. The van der Waals surface area contributed by atoms with Crippen molar-refractivity contribution < 1.29 is 19.1 Å². The number of fused-ring (bicyclic) bond motifs is 1. The average molecular weight is 405 g/mol. The highest BCUT2D eigenvalue weighted by Crippen LogP contribution is 2.39. The van der Waals surface area contributed by atoms with Crippen molar-refractivity contribution in [3.63, 3.8) is 0 Å². The van der Waals surface area contributed by atoms with Gasteiger partial charge in [-0.25, -0.2) is 0 Å². The van der Waals surface area contributed by atoms with Crippen LogP contribution in [0, 0.1) is 0 Å². The summed E-state index contributed by atoms with van der Waals surface area (Å²) in [6.45, 7) is 0.479. The van der Waals surface area contributed by atoms with Gasteiger partial charge >= 0.3 is 0 Å². The molecule has 2 aliphatic rings. The van der Waals surface area contributed by atoms with Crippen molar-refractivity contribution in [2.24, 2.45) is 0 Å². The Kier molecular flexibility index (Phi) is 5.27. The van der Waals surface area contributed by atoms with E-state index in [2.05, 4.69) is 10.6 Å². The van der Waals surface area contributed by atoms with Crippen LogP contribution in [0.2, 0.25) is 0 Å². The molecule has 4 rings (SSSR count). The number of carbonyl (C=O) groups is 3. The molecule has 0 bridgehead atoms. The number of carbonyl (C=O) groups excluding carboxylic acids is 3. The number of benzene rings is 2. The van der Waals surface area contributed by atoms with Gasteiger partial charge in [-0.05, 0) is 36.6 Å². The van der Waals surface area contributed by atoms with Gasteiger partial charge in [-0.1, -0.05) is 30.3 Å². The number of nitrogens with one attached hydrogen (secondary N) is 2. The third-order valence-corrected chi connectivity index (χ3v) is 5.67. The van der Waals surface area contributed by atoms with E-state index in [4.69, 9.17) is 4.74 Å². The zero-order valence-electron chi connectivity index (χ0n) is 16.7. The molecule has 1 unspecified atom stereocenters. The number of para-hydroxylation sites is 3. The molecule has 1 saturated heterocycles. The number of amides is 3. The second-order valence-corrected chi connectivity index (χ2v) is 7.44. The summed E-state index contributed by atoms with van der Waals surface area (Å²) in [6, 6.07) is 14.7. The maximum absolute atomic E-state index is 12.9. The van der Waals surface area contributed by atoms with Crippen molar-refractivity contribution in [1.29, 1.82) is 0 Å². The van der Waals surface area contributed by atoms with E-state index in [-0.39, 0.29) is 11.8 Å². The molecule has 3 amide bonds. The summed E-state index contributed by atoms with van der Waals surface area (Å²) in [7, 11) is 1.52. The fourth-order valence-corrected chi connectivity index (χ4v) is 4.21. The van der Waals surface area contributed by atoms with Crippen LogP contribution in [0.3, 0.4) is 0 Å². The summed E-state index contributed by atoms with van der Waals surface area (Å²) < 4.78 is 5.21. The third-order valence-electron chi connectivity index (χ3n) is 5.67.